The first kappa shape index (κ1) is 26.4. The van der Waals surface area contributed by atoms with Gasteiger partial charge in [-0.2, -0.15) is 0 Å². The van der Waals surface area contributed by atoms with Crippen LogP contribution >= 0.6 is 0 Å². The lowest BCUT2D eigenvalue weighted by molar-refractivity contribution is -0.118. The van der Waals surface area contributed by atoms with Crippen molar-refractivity contribution in [2.45, 2.75) is 57.5 Å². The van der Waals surface area contributed by atoms with E-state index in [1.54, 1.807) is 81.4 Å². The van der Waals surface area contributed by atoms with Crippen LogP contribution in [-0.2, 0) is 14.8 Å². The van der Waals surface area contributed by atoms with Gasteiger partial charge in [0.2, 0.25) is 15.9 Å². The fraction of sp³-hybridized carbons (Fsp3) is 0.333. The molecule has 0 spiro atoms. The molecule has 0 saturated heterocycles. The minimum Gasteiger partial charge on any atom is -0.340 e. The lowest BCUT2D eigenvalue weighted by Gasteiger charge is -2.22. The molecule has 0 aromatic heterocycles. The molecule has 35 heavy (non-hydrogen) atoms. The van der Waals surface area contributed by atoms with Crippen LogP contribution in [0.15, 0.2) is 71.6 Å². The van der Waals surface area contributed by atoms with Gasteiger partial charge in [0.1, 0.15) is 6.04 Å². The first-order valence-corrected chi connectivity index (χ1v) is 13.1. The summed E-state index contributed by atoms with van der Waals surface area (Å²) in [6.45, 7) is 9.29. The summed E-state index contributed by atoms with van der Waals surface area (Å²) in [4.78, 5) is 26.1. The standard InChI is InChI=1S/C27H33N3O4S/c1-18(2)17-23(29-25(31)19-11-7-6-8-12-19)26(32)28-22-15-9-14-21-20(22)13-10-16-24(21)35(33,34)30-27(3,4)5/h6-16,18,23,30H,17H2,1-5H3,(H,28,32)(H,29,31)/t23-/m0/s1. The largest absolute Gasteiger partial charge is 0.340 e. The van der Waals surface area contributed by atoms with E-state index in [0.29, 0.717) is 28.4 Å². The maximum atomic E-state index is 13.3. The average molecular weight is 496 g/mol. The maximum Gasteiger partial charge on any atom is 0.251 e. The van der Waals surface area contributed by atoms with Gasteiger partial charge in [-0.25, -0.2) is 13.1 Å². The molecule has 186 valence electrons. The van der Waals surface area contributed by atoms with Crippen molar-refractivity contribution in [1.29, 1.82) is 0 Å². The lowest BCUT2D eigenvalue weighted by atomic mass is 10.0. The van der Waals surface area contributed by atoms with E-state index >= 15 is 0 Å². The SMILES string of the molecule is CC(C)C[C@H](NC(=O)c1ccccc1)C(=O)Nc1cccc2c(S(=O)(=O)NC(C)(C)C)cccc12. The second kappa shape index (κ2) is 10.6. The van der Waals surface area contributed by atoms with Crippen LogP contribution in [-0.4, -0.2) is 31.8 Å². The zero-order valence-electron chi connectivity index (χ0n) is 20.8. The van der Waals surface area contributed by atoms with Gasteiger partial charge < -0.3 is 10.6 Å². The fourth-order valence-corrected chi connectivity index (χ4v) is 5.48. The molecule has 7 nitrogen and oxygen atoms in total. The Morgan fingerprint density at radius 1 is 0.857 bits per heavy atom. The third kappa shape index (κ3) is 6.90. The highest BCUT2D eigenvalue weighted by molar-refractivity contribution is 7.89. The predicted molar refractivity (Wildman–Crippen MR) is 140 cm³/mol. The number of benzene rings is 3. The second-order valence-electron chi connectivity index (χ2n) is 10.0. The molecule has 0 fully saturated rings. The van der Waals surface area contributed by atoms with Gasteiger partial charge in [-0.05, 0) is 57.4 Å². The van der Waals surface area contributed by atoms with Gasteiger partial charge in [0, 0.05) is 27.6 Å². The van der Waals surface area contributed by atoms with Crippen molar-refractivity contribution in [3.05, 3.63) is 72.3 Å². The van der Waals surface area contributed by atoms with Crippen LogP contribution in [0.3, 0.4) is 0 Å². The molecule has 8 heteroatoms. The summed E-state index contributed by atoms with van der Waals surface area (Å²) in [7, 11) is -3.79. The molecule has 3 rings (SSSR count). The van der Waals surface area contributed by atoms with E-state index in [1.165, 1.54) is 0 Å². The van der Waals surface area contributed by atoms with E-state index in [0.717, 1.165) is 0 Å². The summed E-state index contributed by atoms with van der Waals surface area (Å²) >= 11 is 0. The van der Waals surface area contributed by atoms with Crippen LogP contribution in [0.5, 0.6) is 0 Å². The minimum atomic E-state index is -3.79. The van der Waals surface area contributed by atoms with Crippen LogP contribution in [0, 0.1) is 5.92 Å². The van der Waals surface area contributed by atoms with E-state index in [2.05, 4.69) is 15.4 Å². The van der Waals surface area contributed by atoms with Gasteiger partial charge in [0.15, 0.2) is 0 Å². The van der Waals surface area contributed by atoms with Crippen LogP contribution in [0.1, 0.15) is 51.4 Å². The molecule has 0 unspecified atom stereocenters. The van der Waals surface area contributed by atoms with Crippen molar-refractivity contribution in [2.24, 2.45) is 5.92 Å². The van der Waals surface area contributed by atoms with Gasteiger partial charge in [0.25, 0.3) is 5.91 Å². The van der Waals surface area contributed by atoms with E-state index in [9.17, 15) is 18.0 Å². The van der Waals surface area contributed by atoms with Crippen molar-refractivity contribution >= 4 is 38.3 Å². The summed E-state index contributed by atoms with van der Waals surface area (Å²) in [5.41, 5.74) is 0.303. The summed E-state index contributed by atoms with van der Waals surface area (Å²) in [5, 5.41) is 6.83. The summed E-state index contributed by atoms with van der Waals surface area (Å²) in [6, 6.07) is 18.1. The number of fused-ring (bicyclic) bond motifs is 1. The highest BCUT2D eigenvalue weighted by atomic mass is 32.2. The number of carbonyl (C=O) groups excluding carboxylic acids is 2. The van der Waals surface area contributed by atoms with E-state index < -0.39 is 21.6 Å². The molecule has 0 aliphatic heterocycles. The summed E-state index contributed by atoms with van der Waals surface area (Å²) < 4.78 is 28.7. The lowest BCUT2D eigenvalue weighted by Crippen LogP contribution is -2.44. The minimum absolute atomic E-state index is 0.136. The van der Waals surface area contributed by atoms with E-state index in [4.69, 9.17) is 0 Å². The van der Waals surface area contributed by atoms with Crippen molar-refractivity contribution in [3.63, 3.8) is 0 Å². The van der Waals surface area contributed by atoms with Crippen LogP contribution in [0.4, 0.5) is 5.69 Å². The third-order valence-electron chi connectivity index (χ3n) is 5.23. The zero-order valence-corrected chi connectivity index (χ0v) is 21.6. The Balaban J connectivity index is 1.92. The molecule has 0 saturated carbocycles. The second-order valence-corrected chi connectivity index (χ2v) is 11.7. The molecule has 0 aliphatic carbocycles. The maximum absolute atomic E-state index is 13.3. The molecule has 2 amide bonds. The average Bonchev–Trinajstić information content (AvgIpc) is 2.77. The fourth-order valence-electron chi connectivity index (χ4n) is 3.84. The topological polar surface area (TPSA) is 104 Å². The predicted octanol–water partition coefficient (Wildman–Crippen LogP) is 4.70. The first-order valence-electron chi connectivity index (χ1n) is 11.6. The summed E-state index contributed by atoms with van der Waals surface area (Å²) in [6.07, 6.45) is 0.449. The van der Waals surface area contributed by atoms with Gasteiger partial charge >= 0.3 is 0 Å². The number of hydrogen-bond acceptors (Lipinski definition) is 4. The Morgan fingerprint density at radius 2 is 1.49 bits per heavy atom. The number of sulfonamides is 1. The molecule has 0 aliphatic rings. The molecule has 3 aromatic carbocycles. The zero-order chi connectivity index (χ0) is 25.8. The van der Waals surface area contributed by atoms with Gasteiger partial charge in [-0.1, -0.05) is 56.3 Å². The van der Waals surface area contributed by atoms with Crippen LogP contribution < -0.4 is 15.4 Å². The van der Waals surface area contributed by atoms with Gasteiger partial charge in [-0.3, -0.25) is 9.59 Å². The Morgan fingerprint density at radius 3 is 2.11 bits per heavy atom. The normalized spacial score (nSPS) is 13.0. The number of amides is 2. The molecule has 3 aromatic rings. The molecular formula is C27H33N3O4S. The molecule has 0 bridgehead atoms. The number of carbonyl (C=O) groups is 2. The third-order valence-corrected chi connectivity index (χ3v) is 7.05. The molecule has 0 heterocycles. The van der Waals surface area contributed by atoms with Crippen molar-refractivity contribution < 1.29 is 18.0 Å². The first-order chi connectivity index (χ1) is 16.4. The van der Waals surface area contributed by atoms with Crippen molar-refractivity contribution in [1.82, 2.24) is 10.0 Å². The molecule has 1 atom stereocenters. The van der Waals surface area contributed by atoms with Gasteiger partial charge in [0.05, 0.1) is 4.90 Å². The number of hydrogen-bond donors (Lipinski definition) is 3. The monoisotopic (exact) mass is 495 g/mol. The Bertz CT molecular complexity index is 1310. The number of anilines is 1. The summed E-state index contributed by atoms with van der Waals surface area (Å²) in [5.74, 6) is -0.530. The Kier molecular flexibility index (Phi) is 7.97. The molecule has 0 radical (unpaired) electrons. The molecular weight excluding hydrogens is 462 g/mol. The van der Waals surface area contributed by atoms with Crippen LogP contribution in [0.25, 0.3) is 10.8 Å². The quantitative estimate of drug-likeness (QED) is 0.421. The van der Waals surface area contributed by atoms with Crippen molar-refractivity contribution in [3.8, 4) is 0 Å². The van der Waals surface area contributed by atoms with E-state index in [-0.39, 0.29) is 22.6 Å². The van der Waals surface area contributed by atoms with Crippen molar-refractivity contribution in [2.75, 3.05) is 5.32 Å². The van der Waals surface area contributed by atoms with Crippen LogP contribution in [0.2, 0.25) is 0 Å². The Labute approximate surface area is 207 Å². The number of nitrogens with one attached hydrogen (secondary N) is 3. The van der Waals surface area contributed by atoms with E-state index in [1.807, 2.05) is 19.9 Å². The number of rotatable bonds is 8. The van der Waals surface area contributed by atoms with Gasteiger partial charge in [-0.15, -0.1) is 0 Å². The highest BCUT2D eigenvalue weighted by Crippen LogP contribution is 2.29. The highest BCUT2D eigenvalue weighted by Gasteiger charge is 2.26. The smallest absolute Gasteiger partial charge is 0.251 e. The Hall–Kier alpha value is -3.23. The molecule has 3 N–H and O–H groups in total.